The Morgan fingerprint density at radius 3 is 2.15 bits per heavy atom. The van der Waals surface area contributed by atoms with Crippen LogP contribution >= 0.6 is 0 Å². The van der Waals surface area contributed by atoms with Gasteiger partial charge in [-0.2, -0.15) is 0 Å². The highest BCUT2D eigenvalue weighted by Crippen LogP contribution is 2.41. The summed E-state index contributed by atoms with van der Waals surface area (Å²) in [4.78, 5) is 13.0. The van der Waals surface area contributed by atoms with E-state index in [0.717, 1.165) is 28.3 Å². The van der Waals surface area contributed by atoms with Crippen molar-refractivity contribution in [3.63, 3.8) is 0 Å². The average molecular weight is 435 g/mol. The van der Waals surface area contributed by atoms with E-state index in [1.807, 2.05) is 36.4 Å². The lowest BCUT2D eigenvalue weighted by atomic mass is 9.98. The third-order valence-electron chi connectivity index (χ3n) is 6.59. The second kappa shape index (κ2) is 10.1. The molecule has 0 spiro atoms. The molecule has 0 radical (unpaired) electrons. The highest BCUT2D eigenvalue weighted by molar-refractivity contribution is 6.04. The lowest BCUT2D eigenvalue weighted by Crippen LogP contribution is -2.08. The number of carbonyl (C=O) groups excluding carboxylic acids is 1. The molecule has 4 aromatic rings. The van der Waals surface area contributed by atoms with Gasteiger partial charge in [0.2, 0.25) is 0 Å². The van der Waals surface area contributed by atoms with Gasteiger partial charge in [-0.25, -0.2) is 0 Å². The Balaban J connectivity index is 1.11. The van der Waals surface area contributed by atoms with Gasteiger partial charge in [-0.1, -0.05) is 104 Å². The number of epoxide rings is 1. The second-order valence-electron chi connectivity index (χ2n) is 9.05. The predicted octanol–water partition coefficient (Wildman–Crippen LogP) is 7.51. The van der Waals surface area contributed by atoms with Crippen molar-refractivity contribution >= 4 is 16.6 Å². The van der Waals surface area contributed by atoms with Crippen LogP contribution in [-0.2, 0) is 17.6 Å². The van der Waals surface area contributed by atoms with Crippen molar-refractivity contribution in [2.75, 3.05) is 0 Å². The van der Waals surface area contributed by atoms with Gasteiger partial charge in [-0.15, -0.1) is 0 Å². The van der Waals surface area contributed by atoms with Crippen molar-refractivity contribution in [3.05, 3.63) is 119 Å². The Bertz CT molecular complexity index is 1230. The molecule has 0 bridgehead atoms. The molecule has 1 fully saturated rings. The quantitative estimate of drug-likeness (QED) is 0.147. The van der Waals surface area contributed by atoms with Gasteiger partial charge >= 0.3 is 0 Å². The number of Topliss-reactive ketones (excluding diaryl/α,β-unsaturated/α-hetero) is 1. The molecular weight excluding hydrogens is 404 g/mol. The van der Waals surface area contributed by atoms with Crippen LogP contribution in [0.15, 0.2) is 97.1 Å². The van der Waals surface area contributed by atoms with Gasteiger partial charge in [-0.3, -0.25) is 4.79 Å². The number of ketones is 1. The van der Waals surface area contributed by atoms with Gasteiger partial charge < -0.3 is 4.74 Å². The maximum atomic E-state index is 13.0. The third-order valence-corrected chi connectivity index (χ3v) is 6.59. The smallest absolute Gasteiger partial charge is 0.194 e. The Labute approximate surface area is 196 Å². The minimum Gasteiger partial charge on any atom is -0.356 e. The van der Waals surface area contributed by atoms with Crippen molar-refractivity contribution in [1.82, 2.24) is 0 Å². The monoisotopic (exact) mass is 434 g/mol. The molecule has 1 saturated heterocycles. The zero-order chi connectivity index (χ0) is 22.5. The van der Waals surface area contributed by atoms with Gasteiger partial charge in [0.15, 0.2) is 11.9 Å². The fourth-order valence-corrected chi connectivity index (χ4v) is 4.65. The molecule has 0 unspecified atom stereocenters. The van der Waals surface area contributed by atoms with Crippen molar-refractivity contribution in [2.45, 2.75) is 50.7 Å². The summed E-state index contributed by atoms with van der Waals surface area (Å²) in [5.74, 6) is 0.0783. The van der Waals surface area contributed by atoms with Crippen LogP contribution in [-0.4, -0.2) is 11.9 Å². The normalized spacial score (nSPS) is 17.2. The summed E-state index contributed by atoms with van der Waals surface area (Å²) in [6.45, 7) is 0. The molecule has 0 amide bonds. The van der Waals surface area contributed by atoms with E-state index in [4.69, 9.17) is 4.74 Å². The van der Waals surface area contributed by atoms with Crippen LogP contribution in [0.1, 0.15) is 58.8 Å². The van der Waals surface area contributed by atoms with Crippen molar-refractivity contribution in [1.29, 1.82) is 0 Å². The highest BCUT2D eigenvalue weighted by Gasteiger charge is 2.46. The van der Waals surface area contributed by atoms with Gasteiger partial charge in [0.05, 0.1) is 0 Å². The zero-order valence-electron chi connectivity index (χ0n) is 19.0. The van der Waals surface area contributed by atoms with Gasteiger partial charge in [0.25, 0.3) is 0 Å². The van der Waals surface area contributed by atoms with E-state index < -0.39 is 0 Å². The van der Waals surface area contributed by atoms with E-state index in [2.05, 4.69) is 60.7 Å². The third kappa shape index (κ3) is 5.40. The fraction of sp³-hybridized carbons (Fsp3) is 0.258. The van der Waals surface area contributed by atoms with Crippen LogP contribution < -0.4 is 0 Å². The van der Waals surface area contributed by atoms with Crippen molar-refractivity contribution in [3.8, 4) is 0 Å². The Morgan fingerprint density at radius 1 is 0.636 bits per heavy atom. The number of fused-ring (bicyclic) bond motifs is 1. The minimum absolute atomic E-state index is 0.0783. The summed E-state index contributed by atoms with van der Waals surface area (Å²) in [5.41, 5.74) is 4.62. The first-order valence-corrected chi connectivity index (χ1v) is 12.1. The molecule has 0 N–H and O–H groups in total. The maximum absolute atomic E-state index is 13.0. The molecule has 0 aromatic heterocycles. The lowest BCUT2D eigenvalue weighted by molar-refractivity contribution is 0.0954. The molecule has 1 aliphatic rings. The summed E-state index contributed by atoms with van der Waals surface area (Å²) in [7, 11) is 0. The summed E-state index contributed by atoms with van der Waals surface area (Å²) in [5, 5.41) is 2.24. The van der Waals surface area contributed by atoms with Gasteiger partial charge in [0, 0.05) is 5.56 Å². The molecular formula is C31H30O2. The summed E-state index contributed by atoms with van der Waals surface area (Å²) in [6.07, 6.45) is 6.73. The number of hydrogen-bond donors (Lipinski definition) is 0. The number of unbranched alkanes of at least 4 members (excludes halogenated alkanes) is 3. The highest BCUT2D eigenvalue weighted by atomic mass is 16.6. The molecule has 2 atom stereocenters. The Kier molecular flexibility index (Phi) is 6.64. The molecule has 0 saturated carbocycles. The predicted molar refractivity (Wildman–Crippen MR) is 135 cm³/mol. The largest absolute Gasteiger partial charge is 0.356 e. The van der Waals surface area contributed by atoms with E-state index in [1.165, 1.54) is 43.2 Å². The van der Waals surface area contributed by atoms with Gasteiger partial charge in [-0.05, 0) is 59.2 Å². The first-order chi connectivity index (χ1) is 16.3. The zero-order valence-corrected chi connectivity index (χ0v) is 19.0. The second-order valence-corrected chi connectivity index (χ2v) is 9.05. The Hall–Kier alpha value is -3.23. The first kappa shape index (κ1) is 21.6. The van der Waals surface area contributed by atoms with E-state index in [1.54, 1.807) is 0 Å². The molecule has 1 aliphatic heterocycles. The summed E-state index contributed by atoms with van der Waals surface area (Å²) in [6, 6.07) is 33.4. The molecule has 2 heteroatoms. The van der Waals surface area contributed by atoms with Crippen LogP contribution in [0.4, 0.5) is 0 Å². The molecule has 4 aromatic carbocycles. The minimum atomic E-state index is -0.362. The first-order valence-electron chi connectivity index (χ1n) is 12.1. The van der Waals surface area contributed by atoms with Crippen molar-refractivity contribution in [2.24, 2.45) is 0 Å². The molecule has 2 nitrogen and oxygen atoms in total. The standard InChI is InChI=1S/C31H30O2/c32-29(27-20-19-25-16-8-9-17-26(25)22-27)31-30(33-31)28-18-10-15-24(21-28)14-5-2-1-4-11-23-12-6-3-7-13-23/h3,6-10,12-13,15-22,30-31H,1-2,4-5,11,14H2/t30-,31-/m0/s1. The average Bonchev–Trinajstić information content (AvgIpc) is 3.67. The van der Waals surface area contributed by atoms with Crippen LogP contribution in [0, 0.1) is 0 Å². The van der Waals surface area contributed by atoms with E-state index in [9.17, 15) is 4.79 Å². The number of rotatable bonds is 10. The van der Waals surface area contributed by atoms with Crippen molar-refractivity contribution < 1.29 is 9.53 Å². The summed E-state index contributed by atoms with van der Waals surface area (Å²) >= 11 is 0. The van der Waals surface area contributed by atoms with E-state index >= 15 is 0 Å². The van der Waals surface area contributed by atoms with Gasteiger partial charge in [0.1, 0.15) is 6.10 Å². The maximum Gasteiger partial charge on any atom is 0.194 e. The van der Waals surface area contributed by atoms with E-state index in [-0.39, 0.29) is 18.0 Å². The van der Waals surface area contributed by atoms with Crippen LogP contribution in [0.5, 0.6) is 0 Å². The SMILES string of the molecule is O=C(c1ccc2ccccc2c1)[C@@H]1O[C@H]1c1cccc(CCCCCCc2ccccc2)c1. The molecule has 1 heterocycles. The molecule has 166 valence electrons. The number of hydrogen-bond acceptors (Lipinski definition) is 2. The number of benzene rings is 4. The fourth-order valence-electron chi connectivity index (χ4n) is 4.65. The Morgan fingerprint density at radius 2 is 1.33 bits per heavy atom. The lowest BCUT2D eigenvalue weighted by Gasteiger charge is -2.05. The summed E-state index contributed by atoms with van der Waals surface area (Å²) < 4.78 is 5.84. The van der Waals surface area contributed by atoms with E-state index in [0.29, 0.717) is 0 Å². The van der Waals surface area contributed by atoms with Crippen LogP contribution in [0.3, 0.4) is 0 Å². The molecule has 5 rings (SSSR count). The van der Waals surface area contributed by atoms with Crippen LogP contribution in [0.2, 0.25) is 0 Å². The molecule has 0 aliphatic carbocycles. The van der Waals surface area contributed by atoms with Crippen LogP contribution in [0.25, 0.3) is 10.8 Å². The number of carbonyl (C=O) groups is 1. The topological polar surface area (TPSA) is 29.6 Å². The number of aryl methyl sites for hydroxylation is 2. The number of ether oxygens (including phenoxy) is 1. The molecule has 33 heavy (non-hydrogen) atoms.